The van der Waals surface area contributed by atoms with E-state index in [0.29, 0.717) is 78.3 Å². The largest absolute Gasteiger partial charge is 0.489 e. The summed E-state index contributed by atoms with van der Waals surface area (Å²) in [5, 5.41) is 26.5. The van der Waals surface area contributed by atoms with E-state index in [1.807, 2.05) is 154 Å². The monoisotopic (exact) mass is 1460 g/mol. The minimum absolute atomic E-state index is 0. The van der Waals surface area contributed by atoms with Crippen molar-refractivity contribution in [1.29, 1.82) is 0 Å². The van der Waals surface area contributed by atoms with Gasteiger partial charge in [0.25, 0.3) is 23.6 Å². The quantitative estimate of drug-likeness (QED) is 0.0662. The maximum Gasteiger partial charge on any atom is 0.408 e. The van der Waals surface area contributed by atoms with Gasteiger partial charge in [0.2, 0.25) is 5.91 Å². The summed E-state index contributed by atoms with van der Waals surface area (Å²) in [7, 11) is 0. The molecule has 103 heavy (non-hydrogen) atoms. The van der Waals surface area contributed by atoms with Crippen LogP contribution in [0.25, 0.3) is 0 Å². The van der Waals surface area contributed by atoms with Gasteiger partial charge in [0, 0.05) is 44.6 Å². The number of hydrogen-bond donors (Lipinski definition) is 6. The van der Waals surface area contributed by atoms with Gasteiger partial charge in [-0.15, -0.1) is 24.8 Å². The zero-order chi connectivity index (χ0) is 72.8. The first kappa shape index (κ1) is 80.8. The van der Waals surface area contributed by atoms with Gasteiger partial charge < -0.3 is 84.3 Å². The Balaban J connectivity index is 0.000000206. The smallest absolute Gasteiger partial charge is 0.408 e. The second-order valence-electron chi connectivity index (χ2n) is 24.9. The number of anilines is 4. The Labute approximate surface area is 608 Å². The predicted molar refractivity (Wildman–Crippen MR) is 389 cm³/mol. The van der Waals surface area contributed by atoms with Crippen LogP contribution in [-0.2, 0) is 41.5 Å². The summed E-state index contributed by atoms with van der Waals surface area (Å²) in [6, 6.07) is 48.7. The van der Waals surface area contributed by atoms with Crippen molar-refractivity contribution in [3.63, 3.8) is 0 Å². The molecule has 7 N–H and O–H groups in total. The van der Waals surface area contributed by atoms with Crippen LogP contribution >= 0.6 is 24.8 Å². The molecule has 27 nitrogen and oxygen atoms in total. The molecular weight excluding hydrogens is 1370 g/mol. The molecule has 548 valence electrons. The number of nitrogens with zero attached hydrogens (tertiary/aromatic N) is 5. The summed E-state index contributed by atoms with van der Waals surface area (Å²) < 4.78 is 42.9. The Morgan fingerprint density at radius 2 is 0.854 bits per heavy atom. The van der Waals surface area contributed by atoms with Gasteiger partial charge in [0.05, 0.1) is 22.7 Å². The van der Waals surface area contributed by atoms with E-state index in [1.165, 1.54) is 6.07 Å². The molecule has 0 fully saturated rings. The number of halogens is 2. The average Bonchev–Trinajstić information content (AvgIpc) is 1.81. The van der Waals surface area contributed by atoms with Gasteiger partial charge in [-0.05, 0) is 122 Å². The fourth-order valence-corrected chi connectivity index (χ4v) is 10.3. The zero-order valence-corrected chi connectivity index (χ0v) is 60.1. The molecule has 4 aliphatic rings. The molecule has 0 saturated heterocycles. The molecular formula is C74H86Cl2N10O17. The first-order valence-corrected chi connectivity index (χ1v) is 32.7. The van der Waals surface area contributed by atoms with E-state index in [4.69, 9.17) is 48.3 Å². The highest BCUT2D eigenvalue weighted by molar-refractivity contribution is 6.04. The summed E-state index contributed by atoms with van der Waals surface area (Å²) in [5.74, 6) is 1.29. The SMILES string of the molecule is CC(C)(C)OC(=O)N[C@H]1COc2ccccc2NC1=O.CCN1C(=O)[C@@H](N)COc2ccccc21.CCN1C(=O)[C@@H](NC(=O)OC(C)(C)C)COc2ccccc21.CCN1C(=O)[C@@H](NC(=O)c2cc(Cc3ccccc3)on2)COc2ccccc21.Cl.Cl.O=C(O)c1cc(Cc2ccccc2)on1. The molecule has 4 atom stereocenters. The highest BCUT2D eigenvalue weighted by Gasteiger charge is 2.35. The zero-order valence-electron chi connectivity index (χ0n) is 58.4. The lowest BCUT2D eigenvalue weighted by Crippen LogP contribution is -2.51. The number of carbonyl (C=O) groups excluding carboxylic acids is 7. The fourth-order valence-electron chi connectivity index (χ4n) is 10.3. The highest BCUT2D eigenvalue weighted by Crippen LogP contribution is 2.34. The standard InChI is InChI=1S/C22H21N3O4.C16H22N2O4.C14H18N2O4.C11H14N2O2.C11H9NO3.2ClH/c1-2-25-19-10-6-7-11-20(19)28-14-18(22(25)27)23-21(26)17-13-16(29-24-17)12-15-8-4-3-5-9-15;1-5-18-12-8-6-7-9-13(12)21-10-11(14(18)19)17-15(20)22-16(2,3)4;1-14(2,3)20-13(18)16-10-8-19-11-7-5-4-6-9(11)15-12(10)17;1-2-13-9-5-3-4-6-10(9)15-7-8(12)11(13)14;13-11(14)10-7-9(15-12-10)6-8-4-2-1-3-5-8;;/h3-11,13,18H,2,12,14H2,1H3,(H,23,26);6-9,11H,5,10H2,1-4H3,(H,17,20);4-7,10H,8H2,1-3H3,(H,15,17)(H,16,18);3-6,8H,2,7,12H2,1H3;1-5,7H,6H2,(H,13,14);2*1H/t18-;11-;10-;8-;;;/m0000.../s1. The number of fused-ring (bicyclic) bond motifs is 4. The maximum absolute atomic E-state index is 12.9. The number of nitrogens with one attached hydrogen (secondary N) is 4. The van der Waals surface area contributed by atoms with Gasteiger partial charge >= 0.3 is 18.2 Å². The lowest BCUT2D eigenvalue weighted by Gasteiger charge is -2.25. The molecule has 6 aromatic carbocycles. The summed E-state index contributed by atoms with van der Waals surface area (Å²) in [6.07, 6.45) is -0.184. The van der Waals surface area contributed by atoms with Crippen molar-refractivity contribution in [2.45, 2.75) is 111 Å². The van der Waals surface area contributed by atoms with Crippen molar-refractivity contribution in [3.8, 4) is 23.0 Å². The summed E-state index contributed by atoms with van der Waals surface area (Å²) in [6.45, 7) is 18.3. The van der Waals surface area contributed by atoms with Crippen LogP contribution in [0.2, 0.25) is 0 Å². The van der Waals surface area contributed by atoms with Crippen molar-refractivity contribution in [3.05, 3.63) is 204 Å². The van der Waals surface area contributed by atoms with Crippen LogP contribution in [0.1, 0.15) is 106 Å². The molecule has 6 heterocycles. The Morgan fingerprint density at radius 3 is 1.29 bits per heavy atom. The molecule has 29 heteroatoms. The van der Waals surface area contributed by atoms with Crippen LogP contribution in [0.3, 0.4) is 0 Å². The normalized spacial score (nSPS) is 16.3. The number of nitrogens with two attached hydrogens (primary N) is 1. The van der Waals surface area contributed by atoms with Crippen molar-refractivity contribution < 1.29 is 80.9 Å². The minimum atomic E-state index is -1.07. The Morgan fingerprint density at radius 1 is 0.495 bits per heavy atom. The molecule has 0 unspecified atom stereocenters. The molecule has 7 amide bonds. The lowest BCUT2D eigenvalue weighted by molar-refractivity contribution is -0.121. The fraction of sp³-hybridized carbons (Fsp3) is 0.324. The van der Waals surface area contributed by atoms with Crippen LogP contribution < -0.4 is 60.6 Å². The highest BCUT2D eigenvalue weighted by atomic mass is 35.5. The van der Waals surface area contributed by atoms with E-state index in [1.54, 1.807) is 86.6 Å². The average molecular weight is 1460 g/mol. The van der Waals surface area contributed by atoms with E-state index in [9.17, 15) is 38.4 Å². The van der Waals surface area contributed by atoms with Gasteiger partial charge in [0.1, 0.15) is 96.3 Å². The number of ether oxygens (including phenoxy) is 6. The van der Waals surface area contributed by atoms with Crippen LogP contribution in [-0.4, -0.2) is 145 Å². The summed E-state index contributed by atoms with van der Waals surface area (Å²) in [5.41, 5.74) is 9.47. The lowest BCUT2D eigenvalue weighted by atomic mass is 10.1. The number of benzene rings is 6. The number of hydrogen-bond acceptors (Lipinski definition) is 19. The molecule has 0 radical (unpaired) electrons. The topological polar surface area (TPSA) is 348 Å². The number of likely N-dealkylation sites (N-methyl/N-ethyl adjacent to an activating group) is 3. The number of aromatic carboxylic acids is 1. The van der Waals surface area contributed by atoms with Gasteiger partial charge in [-0.3, -0.25) is 24.0 Å². The number of amides is 7. The van der Waals surface area contributed by atoms with Gasteiger partial charge in [-0.25, -0.2) is 14.4 Å². The van der Waals surface area contributed by atoms with Gasteiger partial charge in [-0.2, -0.15) is 0 Å². The van der Waals surface area contributed by atoms with Crippen LogP contribution in [0.5, 0.6) is 23.0 Å². The number of para-hydroxylation sites is 8. The molecule has 0 bridgehead atoms. The first-order chi connectivity index (χ1) is 48.3. The maximum atomic E-state index is 12.9. The van der Waals surface area contributed by atoms with Crippen molar-refractivity contribution in [2.24, 2.45) is 5.73 Å². The third-order valence-electron chi connectivity index (χ3n) is 14.9. The van der Waals surface area contributed by atoms with E-state index in [0.717, 1.165) is 22.6 Å². The van der Waals surface area contributed by atoms with Crippen LogP contribution in [0.4, 0.5) is 32.3 Å². The van der Waals surface area contributed by atoms with Crippen molar-refractivity contribution in [2.75, 3.05) is 66.1 Å². The Kier molecular flexibility index (Phi) is 29.8. The van der Waals surface area contributed by atoms with E-state index >= 15 is 0 Å². The van der Waals surface area contributed by atoms with E-state index in [2.05, 4.69) is 31.6 Å². The molecule has 4 aliphatic heterocycles. The van der Waals surface area contributed by atoms with E-state index in [-0.39, 0.29) is 86.3 Å². The number of rotatable bonds is 12. The number of carboxylic acid groups (broad SMARTS) is 1. The Hall–Kier alpha value is -11.2. The number of carbonyl (C=O) groups is 8. The van der Waals surface area contributed by atoms with Crippen molar-refractivity contribution in [1.82, 2.24) is 26.3 Å². The molecule has 2 aromatic heterocycles. The van der Waals surface area contributed by atoms with Crippen LogP contribution in [0, 0.1) is 0 Å². The predicted octanol–water partition coefficient (Wildman–Crippen LogP) is 10.6. The first-order valence-electron chi connectivity index (χ1n) is 32.7. The number of carboxylic acids is 1. The number of aromatic nitrogens is 2. The Bertz CT molecular complexity index is 4150. The molecule has 0 saturated carbocycles. The number of alkyl carbamates (subject to hydrolysis) is 2. The van der Waals surface area contributed by atoms with E-state index < -0.39 is 59.4 Å². The third-order valence-corrected chi connectivity index (χ3v) is 14.9. The molecule has 0 spiro atoms. The summed E-state index contributed by atoms with van der Waals surface area (Å²) in [4.78, 5) is 101. The summed E-state index contributed by atoms with van der Waals surface area (Å²) >= 11 is 0. The minimum Gasteiger partial charge on any atom is -0.489 e. The second kappa shape index (κ2) is 38.0. The van der Waals surface area contributed by atoms with Crippen LogP contribution in [0.15, 0.2) is 179 Å². The van der Waals surface area contributed by atoms with Crippen molar-refractivity contribution >= 4 is 95.3 Å². The molecule has 8 aromatic rings. The van der Waals surface area contributed by atoms with Gasteiger partial charge in [-0.1, -0.05) is 120 Å². The molecule has 0 aliphatic carbocycles. The van der Waals surface area contributed by atoms with Gasteiger partial charge in [0.15, 0.2) is 11.4 Å². The third kappa shape index (κ3) is 23.5. The molecule has 12 rings (SSSR count). The second-order valence-corrected chi connectivity index (χ2v) is 24.9.